The molecule has 2 aliphatic rings. The van der Waals surface area contributed by atoms with Gasteiger partial charge in [0.25, 0.3) is 0 Å². The van der Waals surface area contributed by atoms with Gasteiger partial charge in [0, 0.05) is 19.0 Å². The van der Waals surface area contributed by atoms with E-state index in [1.165, 1.54) is 9.80 Å². The molecule has 2 bridgehead atoms. The third kappa shape index (κ3) is 4.37. The summed E-state index contributed by atoms with van der Waals surface area (Å²) >= 11 is 0. The van der Waals surface area contributed by atoms with Gasteiger partial charge in [0.05, 0.1) is 6.04 Å². The molecule has 1 N–H and O–H groups in total. The van der Waals surface area contributed by atoms with E-state index < -0.39 is 35.8 Å². The lowest BCUT2D eigenvalue weighted by Gasteiger charge is -2.32. The van der Waals surface area contributed by atoms with E-state index in [1.807, 2.05) is 30.3 Å². The molecule has 0 spiro atoms. The zero-order chi connectivity index (χ0) is 20.5. The minimum absolute atomic E-state index is 0.143. The second kappa shape index (κ2) is 7.69. The highest BCUT2D eigenvalue weighted by molar-refractivity contribution is 5.82. The van der Waals surface area contributed by atoms with Gasteiger partial charge in [-0.2, -0.15) is 0 Å². The van der Waals surface area contributed by atoms with Gasteiger partial charge in [-0.15, -0.1) is 0 Å². The van der Waals surface area contributed by atoms with Crippen LogP contribution in [0.25, 0.3) is 0 Å². The van der Waals surface area contributed by atoms with Gasteiger partial charge in [-0.25, -0.2) is 14.4 Å². The quantitative estimate of drug-likeness (QED) is 0.852. The molecule has 2 heterocycles. The van der Waals surface area contributed by atoms with E-state index in [0.717, 1.165) is 5.56 Å². The third-order valence-corrected chi connectivity index (χ3v) is 4.92. The lowest BCUT2D eigenvalue weighted by molar-refractivity contribution is -0.143. The Morgan fingerprint density at radius 2 is 1.79 bits per heavy atom. The number of carboxylic acid groups (broad SMARTS) is 1. The first-order valence-corrected chi connectivity index (χ1v) is 9.35. The summed E-state index contributed by atoms with van der Waals surface area (Å²) in [7, 11) is 0. The molecule has 1 aromatic rings. The van der Waals surface area contributed by atoms with E-state index in [-0.39, 0.29) is 25.6 Å². The molecule has 0 aromatic heterocycles. The smallest absolute Gasteiger partial charge is 0.411 e. The van der Waals surface area contributed by atoms with Crippen LogP contribution in [0.3, 0.4) is 0 Å². The number of carbonyl (C=O) groups excluding carboxylic acids is 2. The molecule has 28 heavy (non-hydrogen) atoms. The lowest BCUT2D eigenvalue weighted by atomic mass is 9.95. The van der Waals surface area contributed by atoms with Crippen LogP contribution in [0, 0.1) is 5.92 Å². The monoisotopic (exact) mass is 390 g/mol. The van der Waals surface area contributed by atoms with Crippen LogP contribution in [-0.4, -0.2) is 63.8 Å². The van der Waals surface area contributed by atoms with Crippen LogP contribution in [0.5, 0.6) is 0 Å². The molecule has 0 unspecified atom stereocenters. The largest absolute Gasteiger partial charge is 0.480 e. The van der Waals surface area contributed by atoms with Gasteiger partial charge in [-0.3, -0.25) is 4.90 Å². The van der Waals surface area contributed by atoms with Crippen LogP contribution in [0.15, 0.2) is 30.3 Å². The Morgan fingerprint density at radius 1 is 1.11 bits per heavy atom. The van der Waals surface area contributed by atoms with Crippen LogP contribution >= 0.6 is 0 Å². The van der Waals surface area contributed by atoms with E-state index in [9.17, 15) is 19.5 Å². The number of carboxylic acids is 1. The second-order valence-corrected chi connectivity index (χ2v) is 8.27. The number of hydrogen-bond donors (Lipinski definition) is 1. The average Bonchev–Trinajstić information content (AvgIpc) is 2.89. The first-order valence-electron chi connectivity index (χ1n) is 9.35. The van der Waals surface area contributed by atoms with Crippen LogP contribution < -0.4 is 0 Å². The minimum atomic E-state index is -1.09. The van der Waals surface area contributed by atoms with E-state index >= 15 is 0 Å². The van der Waals surface area contributed by atoms with Crippen LogP contribution in [0.4, 0.5) is 9.59 Å². The number of rotatable bonds is 3. The van der Waals surface area contributed by atoms with Gasteiger partial charge in [0.1, 0.15) is 18.2 Å². The van der Waals surface area contributed by atoms with Gasteiger partial charge in [-0.05, 0) is 32.8 Å². The summed E-state index contributed by atoms with van der Waals surface area (Å²) in [6.45, 7) is 5.81. The summed E-state index contributed by atoms with van der Waals surface area (Å²) in [6, 6.07) is 7.91. The average molecular weight is 390 g/mol. The molecule has 8 heteroatoms. The van der Waals surface area contributed by atoms with Gasteiger partial charge in [-0.1, -0.05) is 30.3 Å². The van der Waals surface area contributed by atoms with Crippen molar-refractivity contribution in [3.8, 4) is 0 Å². The van der Waals surface area contributed by atoms with Crippen LogP contribution in [0.2, 0.25) is 0 Å². The maximum absolute atomic E-state index is 12.6. The number of aliphatic carboxylic acids is 1. The molecule has 2 aliphatic heterocycles. The van der Waals surface area contributed by atoms with Gasteiger partial charge >= 0.3 is 18.2 Å². The molecule has 2 fully saturated rings. The SMILES string of the molecule is CC(C)(C)OC(=O)N1[C@@H]2C[C@H](CN(C(=O)OCc3ccccc3)C2)[C@H]1C(=O)O. The molecule has 0 radical (unpaired) electrons. The van der Waals surface area contributed by atoms with Crippen LogP contribution in [-0.2, 0) is 20.9 Å². The molecular weight excluding hydrogens is 364 g/mol. The molecular formula is C20H26N2O6. The topological polar surface area (TPSA) is 96.4 Å². The summed E-state index contributed by atoms with van der Waals surface area (Å²) in [4.78, 5) is 39.7. The number of amides is 2. The molecule has 8 nitrogen and oxygen atoms in total. The number of benzene rings is 1. The van der Waals surface area contributed by atoms with Crippen molar-refractivity contribution in [2.24, 2.45) is 5.92 Å². The number of piperidine rings is 1. The first-order chi connectivity index (χ1) is 13.2. The van der Waals surface area contributed by atoms with Crippen molar-refractivity contribution in [2.45, 2.75) is 51.5 Å². The van der Waals surface area contributed by atoms with Crippen molar-refractivity contribution in [1.29, 1.82) is 0 Å². The molecule has 152 valence electrons. The Balaban J connectivity index is 1.69. The van der Waals surface area contributed by atoms with Crippen LogP contribution in [0.1, 0.15) is 32.8 Å². The predicted molar refractivity (Wildman–Crippen MR) is 99.6 cm³/mol. The fourth-order valence-corrected chi connectivity index (χ4v) is 3.85. The Morgan fingerprint density at radius 3 is 2.39 bits per heavy atom. The minimum Gasteiger partial charge on any atom is -0.480 e. The Labute approximate surface area is 164 Å². The maximum Gasteiger partial charge on any atom is 0.411 e. The lowest BCUT2D eigenvalue weighted by Crippen LogP contribution is -2.49. The third-order valence-electron chi connectivity index (χ3n) is 4.92. The predicted octanol–water partition coefficient (Wildman–Crippen LogP) is 2.72. The molecule has 3 atom stereocenters. The van der Waals surface area contributed by atoms with Crippen molar-refractivity contribution in [1.82, 2.24) is 9.80 Å². The number of nitrogens with zero attached hydrogens (tertiary/aromatic N) is 2. The van der Waals surface area contributed by atoms with Gasteiger partial charge < -0.3 is 19.5 Å². The molecule has 3 rings (SSSR count). The number of ether oxygens (including phenoxy) is 2. The summed E-state index contributed by atoms with van der Waals surface area (Å²) in [5, 5.41) is 9.67. The second-order valence-electron chi connectivity index (χ2n) is 8.27. The van der Waals surface area contributed by atoms with Gasteiger partial charge in [0.2, 0.25) is 0 Å². The number of carbonyl (C=O) groups is 3. The Hall–Kier alpha value is -2.77. The fraction of sp³-hybridized carbons (Fsp3) is 0.550. The molecule has 2 saturated heterocycles. The van der Waals surface area contributed by atoms with E-state index in [2.05, 4.69) is 0 Å². The summed E-state index contributed by atoms with van der Waals surface area (Å²) in [5.41, 5.74) is 0.139. The van der Waals surface area contributed by atoms with E-state index in [4.69, 9.17) is 9.47 Å². The number of hydrogen-bond acceptors (Lipinski definition) is 5. The fourth-order valence-electron chi connectivity index (χ4n) is 3.85. The summed E-state index contributed by atoms with van der Waals surface area (Å²) in [6.07, 6.45) is -0.640. The maximum atomic E-state index is 12.6. The van der Waals surface area contributed by atoms with Crippen molar-refractivity contribution in [3.05, 3.63) is 35.9 Å². The molecule has 0 aliphatic carbocycles. The highest BCUT2D eigenvalue weighted by Gasteiger charge is 2.53. The standard InChI is InChI=1S/C20H26N2O6/c1-20(2,3)28-19(26)22-15-9-14(16(22)17(23)24)10-21(11-15)18(25)27-12-13-7-5-4-6-8-13/h4-8,14-16H,9-12H2,1-3H3,(H,23,24)/t14-,15-,16+/m1/s1. The van der Waals surface area contributed by atoms with E-state index in [0.29, 0.717) is 6.42 Å². The number of fused-ring (bicyclic) bond motifs is 2. The summed E-state index contributed by atoms with van der Waals surface area (Å²) in [5.74, 6) is -1.44. The molecule has 0 saturated carbocycles. The Kier molecular flexibility index (Phi) is 5.49. The number of likely N-dealkylation sites (tertiary alicyclic amines) is 2. The zero-order valence-corrected chi connectivity index (χ0v) is 16.3. The molecule has 2 amide bonds. The molecule has 1 aromatic carbocycles. The van der Waals surface area contributed by atoms with Crippen molar-refractivity contribution in [2.75, 3.05) is 13.1 Å². The van der Waals surface area contributed by atoms with Gasteiger partial charge in [0.15, 0.2) is 0 Å². The highest BCUT2D eigenvalue weighted by Crippen LogP contribution is 2.36. The van der Waals surface area contributed by atoms with Crippen molar-refractivity contribution in [3.63, 3.8) is 0 Å². The summed E-state index contributed by atoms with van der Waals surface area (Å²) < 4.78 is 10.8. The Bertz CT molecular complexity index is 745. The zero-order valence-electron chi connectivity index (χ0n) is 16.3. The van der Waals surface area contributed by atoms with E-state index in [1.54, 1.807) is 20.8 Å². The highest BCUT2D eigenvalue weighted by atomic mass is 16.6. The first kappa shape index (κ1) is 20.0. The normalized spacial score (nSPS) is 24.0. The van der Waals surface area contributed by atoms with Crippen molar-refractivity contribution < 1.29 is 29.0 Å². The van der Waals surface area contributed by atoms with Crippen molar-refractivity contribution >= 4 is 18.2 Å².